The van der Waals surface area contributed by atoms with E-state index in [1.54, 1.807) is 0 Å². The number of aliphatic hydroxyl groups is 1. The minimum Gasteiger partial charge on any atom is -0.392 e. The highest BCUT2D eigenvalue weighted by molar-refractivity contribution is 5.04. The van der Waals surface area contributed by atoms with Crippen molar-refractivity contribution in [1.82, 2.24) is 0 Å². The third kappa shape index (κ3) is 5.57. The highest BCUT2D eigenvalue weighted by Gasteiger charge is 1.81. The number of aliphatic hydroxyl groups excluding tert-OH is 1. The van der Waals surface area contributed by atoms with Gasteiger partial charge in [-0.1, -0.05) is 23.3 Å². The molecule has 0 unspecified atom stereocenters. The van der Waals surface area contributed by atoms with Crippen molar-refractivity contribution in [2.45, 2.75) is 27.2 Å². The molecule has 0 aliphatic rings. The second-order valence-electron chi connectivity index (χ2n) is 2.73. The topological polar surface area (TPSA) is 20.2 Å². The minimum absolute atomic E-state index is 0.177. The monoisotopic (exact) mass is 140 g/mol. The van der Waals surface area contributed by atoms with Crippen LogP contribution in [0.3, 0.4) is 0 Å². The minimum atomic E-state index is 0.177. The summed E-state index contributed by atoms with van der Waals surface area (Å²) in [5, 5.41) is 8.61. The first-order valence-electron chi connectivity index (χ1n) is 3.56. The molecule has 0 heterocycles. The first kappa shape index (κ1) is 9.44. The van der Waals surface area contributed by atoms with Crippen LogP contribution in [0.5, 0.6) is 0 Å². The zero-order valence-electron chi connectivity index (χ0n) is 7.02. The van der Waals surface area contributed by atoms with Crippen molar-refractivity contribution < 1.29 is 5.11 Å². The zero-order valence-corrected chi connectivity index (χ0v) is 7.02. The Bertz CT molecular complexity index is 139. The van der Waals surface area contributed by atoms with Crippen LogP contribution in [0.25, 0.3) is 0 Å². The SMILES string of the molecule is CC(C)=CC/C=C(/C)CO. The Kier molecular flexibility index (Phi) is 4.95. The van der Waals surface area contributed by atoms with Crippen molar-refractivity contribution in [2.24, 2.45) is 0 Å². The summed E-state index contributed by atoms with van der Waals surface area (Å²) >= 11 is 0. The van der Waals surface area contributed by atoms with Gasteiger partial charge < -0.3 is 5.11 Å². The highest BCUT2D eigenvalue weighted by atomic mass is 16.3. The Morgan fingerprint density at radius 2 is 1.80 bits per heavy atom. The first-order valence-corrected chi connectivity index (χ1v) is 3.56. The molecule has 0 aromatic carbocycles. The Morgan fingerprint density at radius 3 is 2.20 bits per heavy atom. The van der Waals surface area contributed by atoms with E-state index < -0.39 is 0 Å². The first-order chi connectivity index (χ1) is 4.66. The fourth-order valence-corrected chi connectivity index (χ4v) is 0.560. The lowest BCUT2D eigenvalue weighted by molar-refractivity contribution is 0.331. The van der Waals surface area contributed by atoms with Gasteiger partial charge in [0, 0.05) is 0 Å². The summed E-state index contributed by atoms with van der Waals surface area (Å²) in [6, 6.07) is 0. The maximum Gasteiger partial charge on any atom is 0.0639 e. The Labute approximate surface area is 63.1 Å². The van der Waals surface area contributed by atoms with Crippen LogP contribution < -0.4 is 0 Å². The molecule has 0 aromatic heterocycles. The molecule has 0 bridgehead atoms. The van der Waals surface area contributed by atoms with Crippen LogP contribution in [-0.4, -0.2) is 11.7 Å². The van der Waals surface area contributed by atoms with E-state index in [1.807, 2.05) is 13.0 Å². The third-order valence-corrected chi connectivity index (χ3v) is 1.24. The summed E-state index contributed by atoms with van der Waals surface area (Å²) in [5.41, 5.74) is 2.36. The molecule has 0 aromatic rings. The summed E-state index contributed by atoms with van der Waals surface area (Å²) < 4.78 is 0. The van der Waals surface area contributed by atoms with E-state index in [0.29, 0.717) is 0 Å². The van der Waals surface area contributed by atoms with Gasteiger partial charge in [0.25, 0.3) is 0 Å². The van der Waals surface area contributed by atoms with Crippen molar-refractivity contribution in [1.29, 1.82) is 0 Å². The van der Waals surface area contributed by atoms with Crippen molar-refractivity contribution in [3.63, 3.8) is 0 Å². The molecule has 0 aliphatic heterocycles. The molecule has 0 radical (unpaired) electrons. The van der Waals surface area contributed by atoms with E-state index in [9.17, 15) is 0 Å². The van der Waals surface area contributed by atoms with Crippen LogP contribution >= 0.6 is 0 Å². The van der Waals surface area contributed by atoms with Gasteiger partial charge in [-0.3, -0.25) is 0 Å². The number of rotatable bonds is 3. The molecule has 58 valence electrons. The molecule has 0 rings (SSSR count). The van der Waals surface area contributed by atoms with Gasteiger partial charge in [0.15, 0.2) is 0 Å². The summed E-state index contributed by atoms with van der Waals surface area (Å²) in [7, 11) is 0. The van der Waals surface area contributed by atoms with Gasteiger partial charge in [0.2, 0.25) is 0 Å². The average molecular weight is 140 g/mol. The second-order valence-corrected chi connectivity index (χ2v) is 2.73. The molecule has 0 saturated carbocycles. The lowest BCUT2D eigenvalue weighted by Gasteiger charge is -1.91. The average Bonchev–Trinajstić information content (AvgIpc) is 1.87. The Morgan fingerprint density at radius 1 is 1.20 bits per heavy atom. The Balaban J connectivity index is 3.63. The predicted molar refractivity (Wildman–Crippen MR) is 44.9 cm³/mol. The van der Waals surface area contributed by atoms with Gasteiger partial charge in [-0.15, -0.1) is 0 Å². The molecule has 1 N–H and O–H groups in total. The van der Waals surface area contributed by atoms with E-state index in [4.69, 9.17) is 5.11 Å². The standard InChI is InChI=1S/C9H16O/c1-8(2)5-4-6-9(3)7-10/h5-6,10H,4,7H2,1-3H3/b9-6-. The molecular weight excluding hydrogens is 124 g/mol. The lowest BCUT2D eigenvalue weighted by atomic mass is 10.2. The van der Waals surface area contributed by atoms with Gasteiger partial charge in [0.05, 0.1) is 6.61 Å². The van der Waals surface area contributed by atoms with Crippen molar-refractivity contribution in [3.05, 3.63) is 23.3 Å². The smallest absolute Gasteiger partial charge is 0.0639 e. The predicted octanol–water partition coefficient (Wildman–Crippen LogP) is 2.28. The normalized spacial score (nSPS) is 11.4. The lowest BCUT2D eigenvalue weighted by Crippen LogP contribution is -1.82. The van der Waals surface area contributed by atoms with Crippen LogP contribution in [0, 0.1) is 0 Å². The molecule has 0 aliphatic carbocycles. The largest absolute Gasteiger partial charge is 0.392 e. The molecule has 0 spiro atoms. The van der Waals surface area contributed by atoms with Crippen molar-refractivity contribution in [2.75, 3.05) is 6.61 Å². The molecule has 10 heavy (non-hydrogen) atoms. The molecule has 0 amide bonds. The highest BCUT2D eigenvalue weighted by Crippen LogP contribution is 1.97. The van der Waals surface area contributed by atoms with E-state index in [-0.39, 0.29) is 6.61 Å². The fourth-order valence-electron chi connectivity index (χ4n) is 0.560. The fraction of sp³-hybridized carbons (Fsp3) is 0.556. The maximum absolute atomic E-state index is 8.61. The van der Waals surface area contributed by atoms with Gasteiger partial charge in [-0.25, -0.2) is 0 Å². The van der Waals surface area contributed by atoms with E-state index in [0.717, 1.165) is 12.0 Å². The summed E-state index contributed by atoms with van der Waals surface area (Å²) in [4.78, 5) is 0. The molecule has 0 fully saturated rings. The quantitative estimate of drug-likeness (QED) is 0.596. The summed E-state index contributed by atoms with van der Waals surface area (Å²) in [6.07, 6.45) is 5.11. The molecule has 1 heteroatoms. The summed E-state index contributed by atoms with van der Waals surface area (Å²) in [6.45, 7) is 6.25. The van der Waals surface area contributed by atoms with Gasteiger partial charge in [-0.05, 0) is 27.2 Å². The van der Waals surface area contributed by atoms with Crippen LogP contribution in [0.4, 0.5) is 0 Å². The number of hydrogen-bond acceptors (Lipinski definition) is 1. The van der Waals surface area contributed by atoms with Crippen LogP contribution in [-0.2, 0) is 0 Å². The number of allylic oxidation sites excluding steroid dienone is 3. The van der Waals surface area contributed by atoms with Crippen LogP contribution in [0.15, 0.2) is 23.3 Å². The third-order valence-electron chi connectivity index (χ3n) is 1.24. The summed E-state index contributed by atoms with van der Waals surface area (Å²) in [5.74, 6) is 0. The molecule has 0 saturated heterocycles. The maximum atomic E-state index is 8.61. The molecule has 0 atom stereocenters. The van der Waals surface area contributed by atoms with Crippen molar-refractivity contribution in [3.8, 4) is 0 Å². The second kappa shape index (κ2) is 5.24. The molecule has 1 nitrogen and oxygen atoms in total. The van der Waals surface area contributed by atoms with Gasteiger partial charge in [-0.2, -0.15) is 0 Å². The zero-order chi connectivity index (χ0) is 7.98. The van der Waals surface area contributed by atoms with E-state index in [2.05, 4.69) is 19.9 Å². The van der Waals surface area contributed by atoms with Crippen LogP contribution in [0.1, 0.15) is 27.2 Å². The van der Waals surface area contributed by atoms with Crippen molar-refractivity contribution >= 4 is 0 Å². The molecular formula is C9H16O. The van der Waals surface area contributed by atoms with E-state index in [1.165, 1.54) is 5.57 Å². The number of hydrogen-bond donors (Lipinski definition) is 1. The van der Waals surface area contributed by atoms with Crippen LogP contribution in [0.2, 0.25) is 0 Å². The van der Waals surface area contributed by atoms with E-state index >= 15 is 0 Å². The van der Waals surface area contributed by atoms with Gasteiger partial charge in [0.1, 0.15) is 0 Å². The Hall–Kier alpha value is -0.560. The van der Waals surface area contributed by atoms with Gasteiger partial charge >= 0.3 is 0 Å².